The summed E-state index contributed by atoms with van der Waals surface area (Å²) in [6, 6.07) is 5.08. The molecule has 1 N–H and O–H groups in total. The van der Waals surface area contributed by atoms with E-state index in [4.69, 9.17) is 4.74 Å². The smallest absolute Gasteiger partial charge is 0.347 e. The van der Waals surface area contributed by atoms with Crippen LogP contribution in [0.1, 0.15) is 31.7 Å². The van der Waals surface area contributed by atoms with Gasteiger partial charge in [0.1, 0.15) is 5.75 Å². The predicted octanol–water partition coefficient (Wildman–Crippen LogP) is 2.10. The van der Waals surface area contributed by atoms with Crippen LogP contribution in [-0.4, -0.2) is 33.4 Å². The highest BCUT2D eigenvalue weighted by Crippen LogP contribution is 2.30. The number of carbonyl (C=O) groups is 1. The van der Waals surface area contributed by atoms with Crippen LogP contribution in [-0.2, 0) is 26.0 Å². The van der Waals surface area contributed by atoms with E-state index < -0.39 is 22.1 Å². The Labute approximate surface area is 130 Å². The summed E-state index contributed by atoms with van der Waals surface area (Å²) in [4.78, 5) is 11.5. The number of carbonyl (C=O) groups excluding carboxylic acids is 1. The Balaban J connectivity index is 2.09. The van der Waals surface area contributed by atoms with Crippen molar-refractivity contribution >= 4 is 21.7 Å². The van der Waals surface area contributed by atoms with Gasteiger partial charge in [0.05, 0.1) is 12.9 Å². The van der Waals surface area contributed by atoms with E-state index in [-0.39, 0.29) is 5.75 Å². The molecule has 2 rings (SSSR count). The summed E-state index contributed by atoms with van der Waals surface area (Å²) in [5.41, 5.74) is 1.41. The van der Waals surface area contributed by atoms with Crippen LogP contribution >= 0.6 is 0 Å². The molecule has 0 amide bonds. The third-order valence-corrected chi connectivity index (χ3v) is 4.88. The minimum atomic E-state index is -3.32. The highest BCUT2D eigenvalue weighted by molar-refractivity contribution is 7.92. The first kappa shape index (κ1) is 16.6. The maximum absolute atomic E-state index is 11.9. The van der Waals surface area contributed by atoms with Crippen molar-refractivity contribution in [3.8, 4) is 5.75 Å². The number of esters is 1. The molecule has 0 aromatic heterocycles. The number of hydrogen-bond acceptors (Lipinski definition) is 5. The van der Waals surface area contributed by atoms with Crippen LogP contribution in [0.3, 0.4) is 0 Å². The first-order valence-electron chi connectivity index (χ1n) is 7.33. The number of aryl methyl sites for hydroxylation is 1. The van der Waals surface area contributed by atoms with Crippen molar-refractivity contribution < 1.29 is 22.7 Å². The molecule has 0 bridgehead atoms. The van der Waals surface area contributed by atoms with E-state index in [1.54, 1.807) is 18.2 Å². The number of rotatable bonds is 6. The molecule has 1 unspecified atom stereocenters. The fraction of sp³-hybridized carbons (Fsp3) is 0.533. The van der Waals surface area contributed by atoms with E-state index in [0.717, 1.165) is 12.0 Å². The largest absolute Gasteiger partial charge is 0.478 e. The SMILES string of the molecule is CCCCS(=O)(=O)Nc1ccc2c(c1)CCC(C(=O)OC)O2. The van der Waals surface area contributed by atoms with E-state index in [1.165, 1.54) is 7.11 Å². The zero-order valence-electron chi connectivity index (χ0n) is 12.8. The van der Waals surface area contributed by atoms with E-state index >= 15 is 0 Å². The van der Waals surface area contributed by atoms with Gasteiger partial charge in [0, 0.05) is 5.69 Å². The lowest BCUT2D eigenvalue weighted by Gasteiger charge is -2.24. The first-order valence-corrected chi connectivity index (χ1v) is 8.98. The van der Waals surface area contributed by atoms with Gasteiger partial charge in [-0.3, -0.25) is 4.72 Å². The van der Waals surface area contributed by atoms with E-state index in [2.05, 4.69) is 9.46 Å². The summed E-state index contributed by atoms with van der Waals surface area (Å²) in [5.74, 6) is 0.315. The molecule has 0 spiro atoms. The van der Waals surface area contributed by atoms with Gasteiger partial charge >= 0.3 is 5.97 Å². The topological polar surface area (TPSA) is 81.7 Å². The second-order valence-corrected chi connectivity index (χ2v) is 7.11. The number of unbranched alkanes of at least 4 members (excludes halogenated alkanes) is 1. The molecular formula is C15H21NO5S. The number of hydrogen-bond donors (Lipinski definition) is 1. The van der Waals surface area contributed by atoms with Crippen LogP contribution in [0, 0.1) is 0 Å². The normalized spacial score (nSPS) is 17.3. The lowest BCUT2D eigenvalue weighted by atomic mass is 10.0. The minimum Gasteiger partial charge on any atom is -0.478 e. The fourth-order valence-corrected chi connectivity index (χ4v) is 3.57. The van der Waals surface area contributed by atoms with Crippen LogP contribution < -0.4 is 9.46 Å². The summed E-state index contributed by atoms with van der Waals surface area (Å²) < 4.78 is 36.6. The second kappa shape index (κ2) is 7.00. The number of sulfonamides is 1. The second-order valence-electron chi connectivity index (χ2n) is 5.27. The molecule has 0 saturated heterocycles. The molecule has 0 fully saturated rings. The molecule has 122 valence electrons. The van der Waals surface area contributed by atoms with Crippen molar-refractivity contribution in [3.63, 3.8) is 0 Å². The fourth-order valence-electron chi connectivity index (χ4n) is 2.31. The lowest BCUT2D eigenvalue weighted by Crippen LogP contribution is -2.32. The molecular weight excluding hydrogens is 306 g/mol. The molecule has 22 heavy (non-hydrogen) atoms. The van der Waals surface area contributed by atoms with Crippen molar-refractivity contribution in [2.75, 3.05) is 17.6 Å². The number of methoxy groups -OCH3 is 1. The molecule has 1 atom stereocenters. The number of ether oxygens (including phenoxy) is 2. The average Bonchev–Trinajstić information content (AvgIpc) is 2.51. The average molecular weight is 327 g/mol. The highest BCUT2D eigenvalue weighted by atomic mass is 32.2. The molecule has 1 aliphatic heterocycles. The van der Waals surface area contributed by atoms with Gasteiger partial charge in [-0.2, -0.15) is 0 Å². The third-order valence-electron chi connectivity index (χ3n) is 3.51. The van der Waals surface area contributed by atoms with Crippen LogP contribution in [0.4, 0.5) is 5.69 Å². The van der Waals surface area contributed by atoms with Crippen molar-refractivity contribution in [3.05, 3.63) is 23.8 Å². The maximum Gasteiger partial charge on any atom is 0.347 e. The minimum absolute atomic E-state index is 0.113. The number of anilines is 1. The molecule has 0 saturated carbocycles. The molecule has 6 nitrogen and oxygen atoms in total. The summed E-state index contributed by atoms with van der Waals surface area (Å²) in [7, 11) is -1.99. The first-order chi connectivity index (χ1) is 10.4. The summed E-state index contributed by atoms with van der Waals surface area (Å²) in [6.45, 7) is 1.95. The van der Waals surface area contributed by atoms with Crippen LogP contribution in [0.15, 0.2) is 18.2 Å². The zero-order chi connectivity index (χ0) is 16.2. The molecule has 1 heterocycles. The van der Waals surface area contributed by atoms with E-state index in [9.17, 15) is 13.2 Å². The summed E-state index contributed by atoms with van der Waals surface area (Å²) in [5, 5.41) is 0. The van der Waals surface area contributed by atoms with Crippen molar-refractivity contribution in [2.24, 2.45) is 0 Å². The zero-order valence-corrected chi connectivity index (χ0v) is 13.6. The van der Waals surface area contributed by atoms with Gasteiger partial charge in [0.15, 0.2) is 6.10 Å². The van der Waals surface area contributed by atoms with E-state index in [0.29, 0.717) is 30.7 Å². The van der Waals surface area contributed by atoms with Gasteiger partial charge in [0.2, 0.25) is 10.0 Å². The number of fused-ring (bicyclic) bond motifs is 1. The van der Waals surface area contributed by atoms with Crippen molar-refractivity contribution in [1.29, 1.82) is 0 Å². The van der Waals surface area contributed by atoms with Crippen molar-refractivity contribution in [2.45, 2.75) is 38.7 Å². The molecule has 1 aromatic carbocycles. The van der Waals surface area contributed by atoms with E-state index in [1.807, 2.05) is 6.92 Å². The number of nitrogens with one attached hydrogen (secondary N) is 1. The molecule has 7 heteroatoms. The molecule has 1 aliphatic rings. The van der Waals surface area contributed by atoms with Gasteiger partial charge in [-0.05, 0) is 43.0 Å². The Hall–Kier alpha value is -1.76. The molecule has 1 aromatic rings. The van der Waals surface area contributed by atoms with Gasteiger partial charge in [-0.15, -0.1) is 0 Å². The molecule has 0 aliphatic carbocycles. The van der Waals surface area contributed by atoms with Crippen molar-refractivity contribution in [1.82, 2.24) is 0 Å². The predicted molar refractivity (Wildman–Crippen MR) is 83.5 cm³/mol. The lowest BCUT2D eigenvalue weighted by molar-refractivity contribution is -0.149. The Morgan fingerprint density at radius 3 is 2.91 bits per heavy atom. The van der Waals surface area contributed by atoms with Gasteiger partial charge in [-0.1, -0.05) is 13.3 Å². The Morgan fingerprint density at radius 1 is 1.45 bits per heavy atom. The van der Waals surface area contributed by atoms with Crippen LogP contribution in [0.2, 0.25) is 0 Å². The number of benzene rings is 1. The van der Waals surface area contributed by atoms with Gasteiger partial charge in [0.25, 0.3) is 0 Å². The third kappa shape index (κ3) is 4.13. The van der Waals surface area contributed by atoms with Crippen LogP contribution in [0.5, 0.6) is 5.75 Å². The molecule has 0 radical (unpaired) electrons. The highest BCUT2D eigenvalue weighted by Gasteiger charge is 2.27. The monoisotopic (exact) mass is 327 g/mol. The Morgan fingerprint density at radius 2 is 2.23 bits per heavy atom. The van der Waals surface area contributed by atoms with Gasteiger partial charge < -0.3 is 9.47 Å². The van der Waals surface area contributed by atoms with Gasteiger partial charge in [-0.25, -0.2) is 13.2 Å². The quantitative estimate of drug-likeness (QED) is 0.809. The Kier molecular flexibility index (Phi) is 5.28. The standard InChI is InChI=1S/C15H21NO5S/c1-3-4-9-22(18,19)16-12-6-8-13-11(10-12)5-7-14(21-13)15(17)20-2/h6,8,10,14,16H,3-5,7,9H2,1-2H3. The summed E-state index contributed by atoms with van der Waals surface area (Å²) in [6.07, 6.45) is 2.02. The Bertz CT molecular complexity index is 641. The summed E-state index contributed by atoms with van der Waals surface area (Å²) >= 11 is 0. The maximum atomic E-state index is 11.9. The van der Waals surface area contributed by atoms with Crippen LogP contribution in [0.25, 0.3) is 0 Å².